The smallest absolute Gasteiger partial charge is 0.410 e. The number of likely N-dealkylation sites (tertiary alicyclic amines) is 1. The molecule has 1 aliphatic heterocycles. The number of aliphatic hydroxyl groups is 1. The molecule has 1 aliphatic rings. The number of piperidine rings is 1. The van der Waals surface area contributed by atoms with Crippen molar-refractivity contribution in [1.29, 1.82) is 0 Å². The summed E-state index contributed by atoms with van der Waals surface area (Å²) in [6.07, 6.45) is 4.67. The highest BCUT2D eigenvalue weighted by Crippen LogP contribution is 2.38. The molecule has 1 fully saturated rings. The molecule has 1 aromatic carbocycles. The van der Waals surface area contributed by atoms with Crippen LogP contribution in [0, 0.1) is 0 Å². The first-order valence-corrected chi connectivity index (χ1v) is 13.4. The molecule has 0 saturated carbocycles. The Labute approximate surface area is 243 Å². The number of hydrogen-bond acceptors (Lipinski definition) is 8. The second-order valence-corrected chi connectivity index (χ2v) is 11.1. The number of β-amino-alcohol motifs (C(OH)–C–C–N with tert-alkyl or cyclic N) is 1. The molecule has 15 heteroatoms. The maximum atomic E-state index is 13.4. The first-order valence-electron chi connectivity index (χ1n) is 13.0. The van der Waals surface area contributed by atoms with Crippen molar-refractivity contribution in [1.82, 2.24) is 29.3 Å². The molecule has 5 rings (SSSR count). The molecule has 0 unspecified atom stereocenters. The van der Waals surface area contributed by atoms with E-state index in [0.29, 0.717) is 12.1 Å². The molecule has 0 spiro atoms. The third-order valence-corrected chi connectivity index (χ3v) is 6.69. The molecule has 4 heterocycles. The third-order valence-electron chi connectivity index (χ3n) is 6.45. The van der Waals surface area contributed by atoms with Crippen LogP contribution in [-0.2, 0) is 4.74 Å². The lowest BCUT2D eigenvalue weighted by Crippen LogP contribution is -2.48. The molecule has 12 nitrogen and oxygen atoms in total. The number of nitrogens with zero attached hydrogens (tertiary/aromatic N) is 6. The number of anilines is 1. The lowest BCUT2D eigenvalue weighted by atomic mass is 10.0. The van der Waals surface area contributed by atoms with Crippen LogP contribution in [0.1, 0.15) is 43.6 Å². The van der Waals surface area contributed by atoms with E-state index in [2.05, 4.69) is 20.5 Å². The number of fused-ring (bicyclic) bond motifs is 1. The summed E-state index contributed by atoms with van der Waals surface area (Å²) >= 11 is 6.20. The predicted octanol–water partition coefficient (Wildman–Crippen LogP) is 4.64. The first kappa shape index (κ1) is 29.2. The Morgan fingerprint density at radius 1 is 1.26 bits per heavy atom. The van der Waals surface area contributed by atoms with Crippen LogP contribution in [0.4, 0.5) is 19.3 Å². The maximum Gasteiger partial charge on any atom is 0.410 e. The van der Waals surface area contributed by atoms with Crippen LogP contribution >= 0.6 is 11.6 Å². The molecule has 222 valence electrons. The first-order chi connectivity index (χ1) is 19.9. The quantitative estimate of drug-likeness (QED) is 0.325. The second kappa shape index (κ2) is 11.5. The summed E-state index contributed by atoms with van der Waals surface area (Å²) in [5, 5.41) is 22.7. The van der Waals surface area contributed by atoms with Gasteiger partial charge in [0.1, 0.15) is 22.6 Å². The van der Waals surface area contributed by atoms with E-state index < -0.39 is 36.4 Å². The molecule has 42 heavy (non-hydrogen) atoms. The Morgan fingerprint density at radius 3 is 2.76 bits per heavy atom. The lowest BCUT2D eigenvalue weighted by molar-refractivity contribution is -0.0494. The topological polar surface area (TPSA) is 136 Å². The number of halogens is 3. The largest absolute Gasteiger partial charge is 0.444 e. The second-order valence-electron chi connectivity index (χ2n) is 10.6. The van der Waals surface area contributed by atoms with Gasteiger partial charge in [-0.25, -0.2) is 14.3 Å². The zero-order chi connectivity index (χ0) is 30.2. The van der Waals surface area contributed by atoms with Gasteiger partial charge in [-0.05, 0) is 51.5 Å². The highest BCUT2D eigenvalue weighted by Gasteiger charge is 2.35. The van der Waals surface area contributed by atoms with Crippen molar-refractivity contribution >= 4 is 34.9 Å². The van der Waals surface area contributed by atoms with Gasteiger partial charge in [0.25, 0.3) is 5.91 Å². The van der Waals surface area contributed by atoms with Gasteiger partial charge in [-0.15, -0.1) is 0 Å². The number of rotatable bonds is 6. The third kappa shape index (κ3) is 6.29. The lowest BCUT2D eigenvalue weighted by Gasteiger charge is -2.36. The monoisotopic (exact) mass is 603 g/mol. The molecular formula is C27H28ClF2N7O5. The predicted molar refractivity (Wildman–Crippen MR) is 148 cm³/mol. The van der Waals surface area contributed by atoms with Gasteiger partial charge in [0, 0.05) is 35.7 Å². The van der Waals surface area contributed by atoms with E-state index in [9.17, 15) is 23.5 Å². The molecule has 4 aromatic rings. The van der Waals surface area contributed by atoms with Gasteiger partial charge >= 0.3 is 12.7 Å². The number of carbonyl (C=O) groups is 2. The molecule has 1 saturated heterocycles. The number of aliphatic hydroxyl groups excluding tert-OH is 1. The molecule has 2 N–H and O–H groups in total. The maximum absolute atomic E-state index is 13.4. The van der Waals surface area contributed by atoms with E-state index in [0.717, 1.165) is 0 Å². The van der Waals surface area contributed by atoms with Crippen molar-refractivity contribution in [3.63, 3.8) is 0 Å². The summed E-state index contributed by atoms with van der Waals surface area (Å²) in [4.78, 5) is 31.5. The van der Waals surface area contributed by atoms with Crippen LogP contribution < -0.4 is 10.1 Å². The Bertz CT molecular complexity index is 1620. The van der Waals surface area contributed by atoms with E-state index in [-0.39, 0.29) is 46.4 Å². The van der Waals surface area contributed by atoms with E-state index in [1.165, 1.54) is 50.9 Å². The van der Waals surface area contributed by atoms with Crippen molar-refractivity contribution in [3.8, 4) is 17.0 Å². The van der Waals surface area contributed by atoms with Crippen LogP contribution in [0.2, 0.25) is 5.02 Å². The van der Waals surface area contributed by atoms with Crippen molar-refractivity contribution < 1.29 is 33.0 Å². The molecular weight excluding hydrogens is 576 g/mol. The minimum atomic E-state index is -3.13. The molecule has 0 radical (unpaired) electrons. The fraction of sp³-hybridized carbons (Fsp3) is 0.370. The zero-order valence-corrected chi connectivity index (χ0v) is 23.6. The van der Waals surface area contributed by atoms with Gasteiger partial charge in [-0.2, -0.15) is 19.0 Å². The van der Waals surface area contributed by atoms with Crippen LogP contribution in [0.3, 0.4) is 0 Å². The normalized spacial score (nSPS) is 17.5. The summed E-state index contributed by atoms with van der Waals surface area (Å²) in [7, 11) is 0. The van der Waals surface area contributed by atoms with Crippen LogP contribution in [0.25, 0.3) is 16.9 Å². The summed E-state index contributed by atoms with van der Waals surface area (Å²) in [5.74, 6) is -0.795. The number of carbonyl (C=O) groups excluding carboxylic acids is 2. The molecule has 3 aromatic heterocycles. The Hall–Kier alpha value is -4.30. The highest BCUT2D eigenvalue weighted by molar-refractivity contribution is 6.31. The van der Waals surface area contributed by atoms with Crippen molar-refractivity contribution in [2.24, 2.45) is 0 Å². The molecule has 2 atom stereocenters. The van der Waals surface area contributed by atoms with E-state index in [4.69, 9.17) is 21.1 Å². The number of amides is 2. The minimum Gasteiger partial charge on any atom is -0.444 e. The zero-order valence-electron chi connectivity index (χ0n) is 22.9. The van der Waals surface area contributed by atoms with E-state index >= 15 is 0 Å². The number of aromatic nitrogens is 5. The van der Waals surface area contributed by atoms with Gasteiger partial charge in [0.15, 0.2) is 5.65 Å². The SMILES string of the molecule is CC(C)(C)OC(=O)N1CC[C@H](n2cc(NC(=O)c3cnn4cccnc34)c(-c3cc(Cl)ccc3OC(F)F)n2)[C@@H](O)C1. The van der Waals surface area contributed by atoms with Crippen molar-refractivity contribution in [2.75, 3.05) is 18.4 Å². The average Bonchev–Trinajstić information content (AvgIpc) is 3.53. The van der Waals surface area contributed by atoms with Crippen molar-refractivity contribution in [3.05, 3.63) is 59.6 Å². The number of nitrogens with one attached hydrogen (secondary N) is 1. The molecule has 0 bridgehead atoms. The summed E-state index contributed by atoms with van der Waals surface area (Å²) in [6.45, 7) is 2.36. The molecule has 0 aliphatic carbocycles. The van der Waals surface area contributed by atoms with Crippen LogP contribution in [-0.4, -0.2) is 77.8 Å². The Kier molecular flexibility index (Phi) is 8.01. The Balaban J connectivity index is 1.50. The number of benzene rings is 1. The van der Waals surface area contributed by atoms with Gasteiger partial charge in [0.2, 0.25) is 0 Å². The fourth-order valence-corrected chi connectivity index (χ4v) is 4.81. The summed E-state index contributed by atoms with van der Waals surface area (Å²) in [6, 6.07) is 5.09. The van der Waals surface area contributed by atoms with Gasteiger partial charge < -0.3 is 24.8 Å². The molecule has 2 amide bonds. The summed E-state index contributed by atoms with van der Waals surface area (Å²) < 4.78 is 39.5. The standard InChI is InChI=1S/C27H28ClF2N7O5/c1-27(2,3)42-26(40)35-10-7-19(20(38)14-35)37-13-18(33-24(39)17-12-32-36-9-4-8-31-23(17)36)22(34-37)16-11-15(28)5-6-21(16)41-25(29)30/h4-6,8-9,11-13,19-20,25,38H,7,10,14H2,1-3H3,(H,33,39)/t19-,20-/m0/s1. The minimum absolute atomic E-state index is 0.0263. The van der Waals surface area contributed by atoms with Gasteiger partial charge in [0.05, 0.1) is 30.6 Å². The van der Waals surface area contributed by atoms with Gasteiger partial charge in [-0.1, -0.05) is 11.6 Å². The van der Waals surface area contributed by atoms with E-state index in [1.807, 2.05) is 0 Å². The number of alkyl halides is 2. The highest BCUT2D eigenvalue weighted by atomic mass is 35.5. The van der Waals surface area contributed by atoms with Crippen LogP contribution in [0.15, 0.2) is 49.1 Å². The average molecular weight is 604 g/mol. The fourth-order valence-electron chi connectivity index (χ4n) is 4.64. The summed E-state index contributed by atoms with van der Waals surface area (Å²) in [5.41, 5.74) is 0.0733. The van der Waals surface area contributed by atoms with Gasteiger partial charge in [-0.3, -0.25) is 9.48 Å². The number of ether oxygens (including phenoxy) is 2. The van der Waals surface area contributed by atoms with E-state index in [1.54, 1.807) is 33.0 Å². The Morgan fingerprint density at radius 2 is 2.05 bits per heavy atom. The van der Waals surface area contributed by atoms with Crippen LogP contribution in [0.5, 0.6) is 5.75 Å². The number of hydrogen-bond donors (Lipinski definition) is 2. The van der Waals surface area contributed by atoms with Crippen molar-refractivity contribution in [2.45, 2.75) is 51.6 Å².